The maximum absolute atomic E-state index is 11.5. The van der Waals surface area contributed by atoms with E-state index in [1.54, 1.807) is 11.5 Å². The molecule has 0 spiro atoms. The van der Waals surface area contributed by atoms with E-state index in [9.17, 15) is 14.4 Å². The summed E-state index contributed by atoms with van der Waals surface area (Å²) in [5.41, 5.74) is 15.8. The second-order valence-electron chi connectivity index (χ2n) is 3.93. The van der Waals surface area contributed by atoms with Crippen LogP contribution in [0.15, 0.2) is 11.5 Å². The molecule has 0 aromatic rings. The lowest BCUT2D eigenvalue weighted by Gasteiger charge is -2.07. The van der Waals surface area contributed by atoms with Gasteiger partial charge in [0, 0.05) is 18.6 Å². The summed E-state index contributed by atoms with van der Waals surface area (Å²) in [6.45, 7) is 0. The molecule has 108 valence electrons. The maximum Gasteiger partial charge on any atom is 0.321 e. The molecule has 0 rings (SSSR count). The number of rotatable bonds is 10. The molecule has 0 saturated carbocycles. The average molecular weight is 289 g/mol. The van der Waals surface area contributed by atoms with Crippen LogP contribution >= 0.6 is 11.8 Å². The zero-order valence-electron chi connectivity index (χ0n) is 10.5. The van der Waals surface area contributed by atoms with Gasteiger partial charge < -0.3 is 22.3 Å². The standard InChI is InChI=1S/C11H19N3O4S/c12-7(3-4-10(14)16)9(15)2-1-5-19-6-8(13)11(17)18/h1,5,7-8H,2-4,6,12-13H2,(H2,14,16)(H,17,18)/t7-,8-/m0/s1. The van der Waals surface area contributed by atoms with E-state index in [0.29, 0.717) is 0 Å². The van der Waals surface area contributed by atoms with Crippen LogP contribution in [0.25, 0.3) is 0 Å². The smallest absolute Gasteiger partial charge is 0.321 e. The molecular weight excluding hydrogens is 270 g/mol. The number of nitrogens with two attached hydrogens (primary N) is 3. The van der Waals surface area contributed by atoms with Crippen LogP contribution in [-0.2, 0) is 14.4 Å². The molecule has 0 bridgehead atoms. The molecule has 8 heteroatoms. The molecule has 0 heterocycles. The summed E-state index contributed by atoms with van der Waals surface area (Å²) in [6.07, 6.45) is 2.04. The number of carbonyl (C=O) groups is 3. The van der Waals surface area contributed by atoms with Crippen molar-refractivity contribution in [3.63, 3.8) is 0 Å². The minimum atomic E-state index is -1.06. The summed E-state index contributed by atoms with van der Waals surface area (Å²) >= 11 is 1.21. The highest BCUT2D eigenvalue weighted by Crippen LogP contribution is 2.06. The van der Waals surface area contributed by atoms with Crippen molar-refractivity contribution in [1.29, 1.82) is 0 Å². The molecule has 0 aliphatic rings. The summed E-state index contributed by atoms with van der Waals surface area (Å²) in [7, 11) is 0. The second-order valence-corrected chi connectivity index (χ2v) is 4.87. The Balaban J connectivity index is 3.83. The number of amides is 1. The highest BCUT2D eigenvalue weighted by atomic mass is 32.2. The predicted octanol–water partition coefficient (Wildman–Crippen LogP) is -0.803. The van der Waals surface area contributed by atoms with Crippen molar-refractivity contribution in [2.24, 2.45) is 17.2 Å². The van der Waals surface area contributed by atoms with Crippen LogP contribution in [0.4, 0.5) is 0 Å². The number of carboxylic acid groups (broad SMARTS) is 1. The number of aliphatic carboxylic acids is 1. The highest BCUT2D eigenvalue weighted by Gasteiger charge is 2.13. The predicted molar refractivity (Wildman–Crippen MR) is 73.2 cm³/mol. The number of carbonyl (C=O) groups excluding carboxylic acids is 2. The van der Waals surface area contributed by atoms with E-state index in [2.05, 4.69) is 0 Å². The van der Waals surface area contributed by atoms with E-state index < -0.39 is 24.0 Å². The van der Waals surface area contributed by atoms with E-state index in [-0.39, 0.29) is 30.8 Å². The van der Waals surface area contributed by atoms with E-state index in [1.165, 1.54) is 11.8 Å². The fourth-order valence-corrected chi connectivity index (χ4v) is 1.77. The van der Waals surface area contributed by atoms with Crippen LogP contribution in [0.5, 0.6) is 0 Å². The molecule has 0 aromatic carbocycles. The summed E-state index contributed by atoms with van der Waals surface area (Å²) in [4.78, 5) is 32.4. The number of ketones is 1. The van der Waals surface area contributed by atoms with Gasteiger partial charge in [0.1, 0.15) is 6.04 Å². The number of hydrogen-bond acceptors (Lipinski definition) is 6. The minimum Gasteiger partial charge on any atom is -0.480 e. The summed E-state index contributed by atoms with van der Waals surface area (Å²) in [6, 6.07) is -1.63. The van der Waals surface area contributed by atoms with Crippen molar-refractivity contribution < 1.29 is 19.5 Å². The van der Waals surface area contributed by atoms with Crippen LogP contribution in [0.1, 0.15) is 19.3 Å². The fourth-order valence-electron chi connectivity index (χ4n) is 1.07. The van der Waals surface area contributed by atoms with Crippen LogP contribution in [-0.4, -0.2) is 40.6 Å². The number of carboxylic acids is 1. The maximum atomic E-state index is 11.5. The number of primary amides is 1. The van der Waals surface area contributed by atoms with E-state index in [0.717, 1.165) is 0 Å². The number of thioether (sulfide) groups is 1. The number of hydrogen-bond donors (Lipinski definition) is 4. The topological polar surface area (TPSA) is 150 Å². The SMILES string of the molecule is NC(=O)CC[C@H](N)C(=O)CC=CSC[C@H](N)C(=O)O. The Kier molecular flexibility index (Phi) is 8.84. The van der Waals surface area contributed by atoms with E-state index in [1.807, 2.05) is 0 Å². The summed E-state index contributed by atoms with van der Waals surface area (Å²) < 4.78 is 0. The molecular formula is C11H19N3O4S. The van der Waals surface area contributed by atoms with Crippen LogP contribution in [0, 0.1) is 0 Å². The number of Topliss-reactive ketones (excluding diaryl/α,β-unsaturated/α-hetero) is 1. The Morgan fingerprint density at radius 1 is 1.21 bits per heavy atom. The molecule has 0 aliphatic heterocycles. The van der Waals surface area contributed by atoms with Crippen LogP contribution in [0.2, 0.25) is 0 Å². The normalized spacial score (nSPS) is 14.2. The molecule has 0 aromatic heterocycles. The lowest BCUT2D eigenvalue weighted by molar-refractivity contribution is -0.138. The summed E-state index contributed by atoms with van der Waals surface area (Å²) in [5, 5.41) is 10.1. The molecule has 0 aliphatic carbocycles. The molecule has 2 atom stereocenters. The average Bonchev–Trinajstić information content (AvgIpc) is 2.34. The van der Waals surface area contributed by atoms with Gasteiger partial charge in [-0.2, -0.15) is 0 Å². The van der Waals surface area contributed by atoms with Crippen molar-refractivity contribution in [3.05, 3.63) is 11.5 Å². The molecule has 0 radical (unpaired) electrons. The van der Waals surface area contributed by atoms with E-state index >= 15 is 0 Å². The van der Waals surface area contributed by atoms with Gasteiger partial charge in [-0.15, -0.1) is 11.8 Å². The third-order valence-electron chi connectivity index (χ3n) is 2.22. The van der Waals surface area contributed by atoms with Gasteiger partial charge in [-0.05, 0) is 11.8 Å². The monoisotopic (exact) mass is 289 g/mol. The molecule has 0 fully saturated rings. The zero-order valence-corrected chi connectivity index (χ0v) is 11.3. The molecule has 7 N–H and O–H groups in total. The van der Waals surface area contributed by atoms with Crippen molar-refractivity contribution in [3.8, 4) is 0 Å². The van der Waals surface area contributed by atoms with Gasteiger partial charge in [-0.3, -0.25) is 14.4 Å². The van der Waals surface area contributed by atoms with Crippen molar-refractivity contribution >= 4 is 29.4 Å². The first-order valence-corrected chi connectivity index (χ1v) is 6.71. The van der Waals surface area contributed by atoms with Gasteiger partial charge >= 0.3 is 5.97 Å². The van der Waals surface area contributed by atoms with Gasteiger partial charge in [0.15, 0.2) is 5.78 Å². The molecule has 1 amide bonds. The second kappa shape index (κ2) is 9.54. The molecule has 19 heavy (non-hydrogen) atoms. The Morgan fingerprint density at radius 2 is 1.84 bits per heavy atom. The Bertz CT molecular complexity index is 360. The van der Waals surface area contributed by atoms with Crippen molar-refractivity contribution in [1.82, 2.24) is 0 Å². The first-order valence-electron chi connectivity index (χ1n) is 5.66. The van der Waals surface area contributed by atoms with Gasteiger partial charge in [0.2, 0.25) is 5.91 Å². The van der Waals surface area contributed by atoms with Gasteiger partial charge in [0.25, 0.3) is 0 Å². The van der Waals surface area contributed by atoms with Gasteiger partial charge in [0.05, 0.1) is 6.04 Å². The quantitative estimate of drug-likeness (QED) is 0.411. The first-order chi connectivity index (χ1) is 8.84. The van der Waals surface area contributed by atoms with Gasteiger partial charge in [-0.1, -0.05) is 6.08 Å². The Morgan fingerprint density at radius 3 is 2.37 bits per heavy atom. The third kappa shape index (κ3) is 9.23. The molecule has 7 nitrogen and oxygen atoms in total. The largest absolute Gasteiger partial charge is 0.480 e. The molecule has 0 unspecified atom stereocenters. The third-order valence-corrected chi connectivity index (χ3v) is 3.16. The molecule has 0 saturated heterocycles. The van der Waals surface area contributed by atoms with Gasteiger partial charge in [-0.25, -0.2) is 0 Å². The Hall–Kier alpha value is -1.38. The van der Waals surface area contributed by atoms with Crippen molar-refractivity contribution in [2.45, 2.75) is 31.3 Å². The van der Waals surface area contributed by atoms with Crippen LogP contribution in [0.3, 0.4) is 0 Å². The lowest BCUT2D eigenvalue weighted by Crippen LogP contribution is -2.32. The minimum absolute atomic E-state index is 0.0822. The zero-order chi connectivity index (χ0) is 14.8. The summed E-state index contributed by atoms with van der Waals surface area (Å²) in [5.74, 6) is -1.52. The van der Waals surface area contributed by atoms with E-state index in [4.69, 9.17) is 22.3 Å². The number of allylic oxidation sites excluding steroid dienone is 1. The highest BCUT2D eigenvalue weighted by molar-refractivity contribution is 8.02. The Labute approximate surface area is 115 Å². The fraction of sp³-hybridized carbons (Fsp3) is 0.545. The van der Waals surface area contributed by atoms with Crippen molar-refractivity contribution in [2.75, 3.05) is 5.75 Å². The lowest BCUT2D eigenvalue weighted by atomic mass is 10.1. The first kappa shape index (κ1) is 17.6. The van der Waals surface area contributed by atoms with Crippen LogP contribution < -0.4 is 17.2 Å².